The van der Waals surface area contributed by atoms with Crippen molar-refractivity contribution < 1.29 is 5.11 Å². The van der Waals surface area contributed by atoms with Crippen LogP contribution in [0.25, 0.3) is 10.9 Å². The first-order valence-corrected chi connectivity index (χ1v) is 6.58. The van der Waals surface area contributed by atoms with Crippen molar-refractivity contribution in [2.45, 2.75) is 18.9 Å². The Bertz CT molecular complexity index is 530. The molecule has 0 radical (unpaired) electrons. The fraction of sp³-hybridized carbons (Fsp3) is 0.400. The number of benzene rings is 1. The van der Waals surface area contributed by atoms with Gasteiger partial charge in [-0.05, 0) is 37.1 Å². The highest BCUT2D eigenvalue weighted by Gasteiger charge is 2.24. The van der Waals surface area contributed by atoms with Crippen molar-refractivity contribution in [3.8, 4) is 0 Å². The number of hydrogen-bond acceptors (Lipinski definition) is 3. The van der Waals surface area contributed by atoms with Crippen LogP contribution in [0.5, 0.6) is 0 Å². The van der Waals surface area contributed by atoms with E-state index < -0.39 is 6.10 Å². The number of nitrogens with zero attached hydrogens (tertiary/aromatic N) is 1. The fourth-order valence-corrected chi connectivity index (χ4v) is 2.79. The zero-order chi connectivity index (χ0) is 12.4. The molecule has 2 unspecified atom stereocenters. The van der Waals surface area contributed by atoms with Crippen molar-refractivity contribution in [2.24, 2.45) is 5.92 Å². The lowest BCUT2D eigenvalue weighted by Crippen LogP contribution is -2.33. The third-order valence-corrected chi connectivity index (χ3v) is 3.78. The molecule has 2 atom stereocenters. The third kappa shape index (κ3) is 2.11. The van der Waals surface area contributed by atoms with Crippen molar-refractivity contribution >= 4 is 10.9 Å². The van der Waals surface area contributed by atoms with Crippen molar-refractivity contribution in [1.29, 1.82) is 0 Å². The van der Waals surface area contributed by atoms with Crippen molar-refractivity contribution in [2.75, 3.05) is 13.1 Å². The molecular weight excluding hydrogens is 224 g/mol. The van der Waals surface area contributed by atoms with Crippen LogP contribution < -0.4 is 5.32 Å². The molecule has 0 spiro atoms. The second kappa shape index (κ2) is 5.04. The molecule has 94 valence electrons. The Kier molecular flexibility index (Phi) is 3.26. The predicted octanol–water partition coefficient (Wildman–Crippen LogP) is 2.27. The predicted molar refractivity (Wildman–Crippen MR) is 72.3 cm³/mol. The molecule has 2 N–H and O–H groups in total. The Morgan fingerprint density at radius 3 is 3.06 bits per heavy atom. The van der Waals surface area contributed by atoms with Crippen molar-refractivity contribution in [3.63, 3.8) is 0 Å². The molecule has 3 rings (SSSR count). The summed E-state index contributed by atoms with van der Waals surface area (Å²) in [6, 6.07) is 9.95. The van der Waals surface area contributed by atoms with Crippen LogP contribution in [0.1, 0.15) is 24.5 Å². The average molecular weight is 242 g/mol. The highest BCUT2D eigenvalue weighted by atomic mass is 16.3. The fourth-order valence-electron chi connectivity index (χ4n) is 2.79. The van der Waals surface area contributed by atoms with E-state index in [1.54, 1.807) is 6.20 Å². The summed E-state index contributed by atoms with van der Waals surface area (Å²) in [7, 11) is 0. The Balaban J connectivity index is 1.97. The number of pyridine rings is 1. The molecule has 1 saturated heterocycles. The maximum absolute atomic E-state index is 10.6. The quantitative estimate of drug-likeness (QED) is 0.849. The highest BCUT2D eigenvalue weighted by Crippen LogP contribution is 2.31. The van der Waals surface area contributed by atoms with E-state index in [1.807, 2.05) is 30.3 Å². The van der Waals surface area contributed by atoms with Crippen LogP contribution >= 0.6 is 0 Å². The van der Waals surface area contributed by atoms with Gasteiger partial charge in [0.05, 0.1) is 11.6 Å². The molecular formula is C15H18N2O. The van der Waals surface area contributed by atoms with Gasteiger partial charge in [0.25, 0.3) is 0 Å². The van der Waals surface area contributed by atoms with Gasteiger partial charge in [0, 0.05) is 24.0 Å². The first-order chi connectivity index (χ1) is 8.86. The lowest BCUT2D eigenvalue weighted by molar-refractivity contribution is 0.0934. The first-order valence-electron chi connectivity index (χ1n) is 6.58. The number of hydrogen-bond donors (Lipinski definition) is 2. The van der Waals surface area contributed by atoms with Crippen LogP contribution in [0, 0.1) is 5.92 Å². The number of aromatic nitrogens is 1. The van der Waals surface area contributed by atoms with E-state index in [2.05, 4.69) is 10.3 Å². The molecule has 2 aromatic rings. The average Bonchev–Trinajstić information content (AvgIpc) is 2.47. The first kappa shape index (κ1) is 11.6. The van der Waals surface area contributed by atoms with Gasteiger partial charge in [-0.3, -0.25) is 4.98 Å². The van der Waals surface area contributed by atoms with Gasteiger partial charge in [-0.15, -0.1) is 0 Å². The van der Waals surface area contributed by atoms with Crippen LogP contribution in [-0.2, 0) is 0 Å². The third-order valence-electron chi connectivity index (χ3n) is 3.78. The molecule has 1 aliphatic rings. The summed E-state index contributed by atoms with van der Waals surface area (Å²) >= 11 is 0. The van der Waals surface area contributed by atoms with Crippen molar-refractivity contribution in [1.82, 2.24) is 10.3 Å². The van der Waals surface area contributed by atoms with E-state index >= 15 is 0 Å². The number of aliphatic hydroxyl groups is 1. The molecule has 1 aromatic heterocycles. The molecule has 0 aliphatic carbocycles. The second-order valence-corrected chi connectivity index (χ2v) is 4.97. The largest absolute Gasteiger partial charge is 0.388 e. The topological polar surface area (TPSA) is 45.2 Å². The summed E-state index contributed by atoms with van der Waals surface area (Å²) in [5.74, 6) is 0.310. The van der Waals surface area contributed by atoms with Gasteiger partial charge in [0.2, 0.25) is 0 Å². The SMILES string of the molecule is OC(c1cccc2ncccc12)C1CCCNC1. The van der Waals surface area contributed by atoms with E-state index in [4.69, 9.17) is 0 Å². The van der Waals surface area contributed by atoms with Crippen molar-refractivity contribution in [3.05, 3.63) is 42.1 Å². The molecule has 3 nitrogen and oxygen atoms in total. The summed E-state index contributed by atoms with van der Waals surface area (Å²) in [6.07, 6.45) is 3.63. The molecule has 1 aliphatic heterocycles. The summed E-state index contributed by atoms with van der Waals surface area (Å²) in [6.45, 7) is 1.97. The Labute approximate surface area is 107 Å². The zero-order valence-corrected chi connectivity index (χ0v) is 10.3. The summed E-state index contributed by atoms with van der Waals surface area (Å²) in [4.78, 5) is 4.34. The molecule has 0 amide bonds. The second-order valence-electron chi connectivity index (χ2n) is 4.97. The van der Waals surface area contributed by atoms with E-state index in [0.29, 0.717) is 5.92 Å². The number of rotatable bonds is 2. The number of piperidine rings is 1. The molecule has 0 saturated carbocycles. The van der Waals surface area contributed by atoms with Crippen LogP contribution in [0.15, 0.2) is 36.5 Å². The minimum absolute atomic E-state index is 0.310. The maximum Gasteiger partial charge on any atom is 0.0836 e. The number of fused-ring (bicyclic) bond motifs is 1. The van der Waals surface area contributed by atoms with Crippen LogP contribution in [0.3, 0.4) is 0 Å². The minimum atomic E-state index is -0.398. The lowest BCUT2D eigenvalue weighted by atomic mass is 9.88. The van der Waals surface area contributed by atoms with Crippen LogP contribution in [-0.4, -0.2) is 23.2 Å². The smallest absolute Gasteiger partial charge is 0.0836 e. The van der Waals surface area contributed by atoms with E-state index in [0.717, 1.165) is 42.4 Å². The molecule has 18 heavy (non-hydrogen) atoms. The summed E-state index contributed by atoms with van der Waals surface area (Å²) in [5.41, 5.74) is 1.96. The van der Waals surface area contributed by atoms with Gasteiger partial charge in [-0.25, -0.2) is 0 Å². The molecule has 3 heteroatoms. The van der Waals surface area contributed by atoms with Crippen LogP contribution in [0.4, 0.5) is 0 Å². The summed E-state index contributed by atoms with van der Waals surface area (Å²) in [5, 5.41) is 15.0. The highest BCUT2D eigenvalue weighted by molar-refractivity contribution is 5.82. The van der Waals surface area contributed by atoms with Gasteiger partial charge in [-0.2, -0.15) is 0 Å². The summed E-state index contributed by atoms with van der Waals surface area (Å²) < 4.78 is 0. The Hall–Kier alpha value is -1.45. The zero-order valence-electron chi connectivity index (χ0n) is 10.3. The molecule has 1 aromatic carbocycles. The Morgan fingerprint density at radius 1 is 1.28 bits per heavy atom. The van der Waals surface area contributed by atoms with Gasteiger partial charge in [0.15, 0.2) is 0 Å². The lowest BCUT2D eigenvalue weighted by Gasteiger charge is -2.28. The number of aliphatic hydroxyl groups excluding tert-OH is 1. The normalized spacial score (nSPS) is 21.9. The maximum atomic E-state index is 10.6. The van der Waals surface area contributed by atoms with Gasteiger partial charge >= 0.3 is 0 Å². The van der Waals surface area contributed by atoms with Gasteiger partial charge < -0.3 is 10.4 Å². The molecule has 2 heterocycles. The monoisotopic (exact) mass is 242 g/mol. The minimum Gasteiger partial charge on any atom is -0.388 e. The van der Waals surface area contributed by atoms with Crippen LogP contribution in [0.2, 0.25) is 0 Å². The van der Waals surface area contributed by atoms with Gasteiger partial charge in [-0.1, -0.05) is 18.2 Å². The van der Waals surface area contributed by atoms with E-state index in [-0.39, 0.29) is 0 Å². The number of nitrogens with one attached hydrogen (secondary N) is 1. The van der Waals surface area contributed by atoms with E-state index in [1.165, 1.54) is 0 Å². The molecule has 0 bridgehead atoms. The van der Waals surface area contributed by atoms with Gasteiger partial charge in [0.1, 0.15) is 0 Å². The molecule has 1 fully saturated rings. The van der Waals surface area contributed by atoms with E-state index in [9.17, 15) is 5.11 Å². The Morgan fingerprint density at radius 2 is 2.22 bits per heavy atom. The standard InChI is InChI=1S/C15H18N2O/c18-15(11-4-2-8-16-10-11)13-5-1-7-14-12(13)6-3-9-17-14/h1,3,5-7,9,11,15-16,18H,2,4,8,10H2.